The van der Waals surface area contributed by atoms with Gasteiger partial charge in [0.1, 0.15) is 10.8 Å². The Labute approximate surface area is 160 Å². The quantitative estimate of drug-likeness (QED) is 0.592. The number of carbonyl (C=O) groups excluding carboxylic acids is 1. The first-order valence-corrected chi connectivity index (χ1v) is 9.96. The molecule has 3 aromatic rings. The maximum absolute atomic E-state index is 12.0. The molecule has 0 radical (unpaired) electrons. The topological polar surface area (TPSA) is 64.1 Å². The van der Waals surface area contributed by atoms with Crippen molar-refractivity contribution in [1.82, 2.24) is 10.2 Å². The van der Waals surface area contributed by atoms with Crippen LogP contribution in [-0.4, -0.2) is 29.0 Å². The number of ether oxygens (including phenoxy) is 1. The number of hydrogen-bond donors (Lipinski definition) is 1. The number of aromatic nitrogens is 2. The first-order valence-electron chi connectivity index (χ1n) is 8.16. The van der Waals surface area contributed by atoms with Crippen LogP contribution in [0, 0.1) is 0 Å². The minimum absolute atomic E-state index is 0.0725. The van der Waals surface area contributed by atoms with Crippen molar-refractivity contribution in [2.75, 3.05) is 18.2 Å². The van der Waals surface area contributed by atoms with Gasteiger partial charge in [-0.15, -0.1) is 22.0 Å². The molecule has 0 bridgehead atoms. The summed E-state index contributed by atoms with van der Waals surface area (Å²) in [7, 11) is 1.66. The van der Waals surface area contributed by atoms with E-state index >= 15 is 0 Å². The Bertz CT molecular complexity index is 836. The van der Waals surface area contributed by atoms with Gasteiger partial charge < -0.3 is 4.74 Å². The van der Waals surface area contributed by atoms with Crippen molar-refractivity contribution in [3.63, 3.8) is 0 Å². The second-order valence-electron chi connectivity index (χ2n) is 5.50. The average Bonchev–Trinajstić information content (AvgIpc) is 3.13. The second kappa shape index (κ2) is 9.35. The number of thioether (sulfide) groups is 1. The van der Waals surface area contributed by atoms with Gasteiger partial charge in [0.2, 0.25) is 11.0 Å². The molecule has 0 fully saturated rings. The number of amides is 1. The summed E-state index contributed by atoms with van der Waals surface area (Å²) in [5.74, 6) is 1.13. The molecule has 134 valence electrons. The summed E-state index contributed by atoms with van der Waals surface area (Å²) in [6.07, 6.45) is 1.66. The van der Waals surface area contributed by atoms with E-state index in [4.69, 9.17) is 4.74 Å². The first kappa shape index (κ1) is 18.4. The van der Waals surface area contributed by atoms with E-state index in [-0.39, 0.29) is 5.91 Å². The highest BCUT2D eigenvalue weighted by molar-refractivity contribution is 8.00. The zero-order valence-electron chi connectivity index (χ0n) is 14.3. The van der Waals surface area contributed by atoms with E-state index in [9.17, 15) is 4.79 Å². The lowest BCUT2D eigenvalue weighted by Gasteiger charge is -2.02. The summed E-state index contributed by atoms with van der Waals surface area (Å²) in [5, 5.41) is 12.5. The maximum Gasteiger partial charge on any atom is 0.236 e. The molecule has 1 N–H and O–H groups in total. The Morgan fingerprint density at radius 1 is 1.08 bits per heavy atom. The van der Waals surface area contributed by atoms with Crippen molar-refractivity contribution < 1.29 is 9.53 Å². The van der Waals surface area contributed by atoms with Crippen molar-refractivity contribution in [2.24, 2.45) is 0 Å². The van der Waals surface area contributed by atoms with Crippen molar-refractivity contribution in [3.8, 4) is 5.75 Å². The van der Waals surface area contributed by atoms with E-state index in [1.54, 1.807) is 7.11 Å². The van der Waals surface area contributed by atoms with Crippen LogP contribution in [0.4, 0.5) is 5.13 Å². The van der Waals surface area contributed by atoms with Gasteiger partial charge in [0.15, 0.2) is 0 Å². The normalized spacial score (nSPS) is 10.5. The maximum atomic E-state index is 12.0. The Morgan fingerprint density at radius 3 is 2.58 bits per heavy atom. The number of rotatable bonds is 8. The van der Waals surface area contributed by atoms with Gasteiger partial charge in [-0.05, 0) is 36.2 Å². The minimum Gasteiger partial charge on any atom is -0.497 e. The van der Waals surface area contributed by atoms with Crippen LogP contribution in [0.1, 0.15) is 10.6 Å². The van der Waals surface area contributed by atoms with Crippen LogP contribution in [0.2, 0.25) is 0 Å². The molecule has 0 atom stereocenters. The molecule has 5 nitrogen and oxygen atoms in total. The predicted molar refractivity (Wildman–Crippen MR) is 106 cm³/mol. The van der Waals surface area contributed by atoms with E-state index < -0.39 is 0 Å². The van der Waals surface area contributed by atoms with Crippen LogP contribution in [0.3, 0.4) is 0 Å². The van der Waals surface area contributed by atoms with Gasteiger partial charge in [-0.1, -0.05) is 41.7 Å². The molecule has 3 rings (SSSR count). The second-order valence-corrected chi connectivity index (χ2v) is 7.61. The Hall–Kier alpha value is -2.38. The van der Waals surface area contributed by atoms with E-state index in [0.29, 0.717) is 10.9 Å². The van der Waals surface area contributed by atoms with Crippen molar-refractivity contribution in [3.05, 3.63) is 65.2 Å². The standard InChI is InChI=1S/C19H19N3O2S2/c1-24-15-10-7-14(8-11-15)9-12-18-21-22-19(26-18)20-17(23)13-25-16-5-3-2-4-6-16/h2-8,10-11H,9,12-13H2,1H3,(H,20,22,23). The van der Waals surface area contributed by atoms with Gasteiger partial charge in [-0.3, -0.25) is 10.1 Å². The Morgan fingerprint density at radius 2 is 1.85 bits per heavy atom. The zero-order valence-corrected chi connectivity index (χ0v) is 16.0. The number of nitrogens with one attached hydrogen (secondary N) is 1. The molecule has 0 aliphatic carbocycles. The Balaban J connectivity index is 1.45. The van der Waals surface area contributed by atoms with Crippen LogP contribution < -0.4 is 10.1 Å². The van der Waals surface area contributed by atoms with Crippen LogP contribution in [0.25, 0.3) is 0 Å². The van der Waals surface area contributed by atoms with Gasteiger partial charge in [0.25, 0.3) is 0 Å². The molecule has 26 heavy (non-hydrogen) atoms. The largest absolute Gasteiger partial charge is 0.497 e. The van der Waals surface area contributed by atoms with Crippen molar-refractivity contribution in [1.29, 1.82) is 0 Å². The van der Waals surface area contributed by atoms with Gasteiger partial charge in [-0.25, -0.2) is 0 Å². The number of nitrogens with zero attached hydrogens (tertiary/aromatic N) is 2. The third-order valence-corrected chi connectivity index (χ3v) is 5.52. The number of hydrogen-bond acceptors (Lipinski definition) is 6. The van der Waals surface area contributed by atoms with Crippen molar-refractivity contribution in [2.45, 2.75) is 17.7 Å². The lowest BCUT2D eigenvalue weighted by Crippen LogP contribution is -2.13. The molecule has 0 aliphatic heterocycles. The zero-order chi connectivity index (χ0) is 18.2. The number of aryl methyl sites for hydroxylation is 2. The molecule has 0 aliphatic rings. The Kier molecular flexibility index (Phi) is 6.62. The third-order valence-electron chi connectivity index (χ3n) is 3.61. The summed E-state index contributed by atoms with van der Waals surface area (Å²) < 4.78 is 5.16. The summed E-state index contributed by atoms with van der Waals surface area (Å²) in [6.45, 7) is 0. The molecule has 0 saturated heterocycles. The highest BCUT2D eigenvalue weighted by atomic mass is 32.2. The molecule has 7 heteroatoms. The molecule has 2 aromatic carbocycles. The van der Waals surface area contributed by atoms with Crippen LogP contribution in [0.5, 0.6) is 5.75 Å². The molecule has 0 unspecified atom stereocenters. The van der Waals surface area contributed by atoms with Gasteiger partial charge in [0, 0.05) is 11.3 Å². The fourth-order valence-corrected chi connectivity index (χ4v) is 3.74. The molecule has 0 spiro atoms. The predicted octanol–water partition coefficient (Wildman–Crippen LogP) is 4.06. The lowest BCUT2D eigenvalue weighted by molar-refractivity contribution is -0.113. The summed E-state index contributed by atoms with van der Waals surface area (Å²) in [5.41, 5.74) is 1.21. The minimum atomic E-state index is -0.0725. The summed E-state index contributed by atoms with van der Waals surface area (Å²) in [6, 6.07) is 17.8. The summed E-state index contributed by atoms with van der Waals surface area (Å²) in [4.78, 5) is 13.1. The van der Waals surface area contributed by atoms with Crippen molar-refractivity contribution >= 4 is 34.1 Å². The van der Waals surface area contributed by atoms with Crippen LogP contribution in [0.15, 0.2) is 59.5 Å². The smallest absolute Gasteiger partial charge is 0.236 e. The molecular formula is C19H19N3O2S2. The number of methoxy groups -OCH3 is 1. The van der Waals surface area contributed by atoms with Gasteiger partial charge in [-0.2, -0.15) is 0 Å². The highest BCUT2D eigenvalue weighted by Gasteiger charge is 2.09. The van der Waals surface area contributed by atoms with Gasteiger partial charge in [0.05, 0.1) is 12.9 Å². The third kappa shape index (κ3) is 5.57. The molecule has 0 saturated carbocycles. The molecule has 1 aromatic heterocycles. The monoisotopic (exact) mass is 385 g/mol. The van der Waals surface area contributed by atoms with Gasteiger partial charge >= 0.3 is 0 Å². The number of benzene rings is 2. The SMILES string of the molecule is COc1ccc(CCc2nnc(NC(=O)CSc3ccccc3)s2)cc1. The van der Waals surface area contributed by atoms with Crippen LogP contribution >= 0.6 is 23.1 Å². The number of carbonyl (C=O) groups is 1. The number of anilines is 1. The fourth-order valence-electron chi connectivity index (χ4n) is 2.27. The first-order chi connectivity index (χ1) is 12.7. The highest BCUT2D eigenvalue weighted by Crippen LogP contribution is 2.20. The summed E-state index contributed by atoms with van der Waals surface area (Å²) >= 11 is 2.92. The van der Waals surface area contributed by atoms with E-state index in [1.807, 2.05) is 54.6 Å². The lowest BCUT2D eigenvalue weighted by atomic mass is 10.1. The fraction of sp³-hybridized carbons (Fsp3) is 0.211. The van der Waals surface area contributed by atoms with E-state index in [2.05, 4.69) is 15.5 Å². The molecular weight excluding hydrogens is 366 g/mol. The van der Waals surface area contributed by atoms with E-state index in [0.717, 1.165) is 28.5 Å². The molecule has 1 amide bonds. The molecule has 1 heterocycles. The van der Waals surface area contributed by atoms with Crippen LogP contribution in [-0.2, 0) is 17.6 Å². The van der Waals surface area contributed by atoms with E-state index in [1.165, 1.54) is 28.7 Å². The average molecular weight is 386 g/mol.